The molecule has 0 bridgehead atoms. The number of carbonyl (C=O) groups excluding carboxylic acids is 2. The van der Waals surface area contributed by atoms with E-state index in [0.29, 0.717) is 38.6 Å². The number of rotatable bonds is 7. The number of piperazine rings is 1. The van der Waals surface area contributed by atoms with Gasteiger partial charge in [-0.25, -0.2) is 4.79 Å². The van der Waals surface area contributed by atoms with Crippen LogP contribution < -0.4 is 5.32 Å². The fourth-order valence-electron chi connectivity index (χ4n) is 3.86. The first-order chi connectivity index (χ1) is 16.2. The number of anilines is 1. The highest BCUT2D eigenvalue weighted by atomic mass is 32.2. The Bertz CT molecular complexity index is 1090. The van der Waals surface area contributed by atoms with Crippen LogP contribution in [0, 0.1) is 0 Å². The van der Waals surface area contributed by atoms with Crippen LogP contribution >= 0.6 is 11.8 Å². The molecule has 10 heteroatoms. The lowest BCUT2D eigenvalue weighted by molar-refractivity contribution is -0.129. The molecule has 1 aromatic carbocycles. The molecule has 1 saturated carbocycles. The molecule has 1 aliphatic heterocycles. The number of amides is 3. The summed E-state index contributed by atoms with van der Waals surface area (Å²) >= 11 is 1.41. The number of thioether (sulfide) groups is 1. The Hall–Kier alpha value is -3.27. The van der Waals surface area contributed by atoms with E-state index in [2.05, 4.69) is 20.1 Å². The van der Waals surface area contributed by atoms with E-state index in [-0.39, 0.29) is 17.7 Å². The van der Waals surface area contributed by atoms with Gasteiger partial charge in [-0.2, -0.15) is 0 Å². The highest BCUT2D eigenvalue weighted by molar-refractivity contribution is 7.99. The Balaban J connectivity index is 1.14. The van der Waals surface area contributed by atoms with E-state index in [1.807, 2.05) is 47.4 Å². The van der Waals surface area contributed by atoms with Gasteiger partial charge in [0.15, 0.2) is 5.16 Å². The Morgan fingerprint density at radius 3 is 2.45 bits per heavy atom. The molecule has 3 aromatic rings. The molecule has 0 unspecified atom stereocenters. The Kier molecular flexibility index (Phi) is 6.34. The maximum Gasteiger partial charge on any atom is 0.321 e. The minimum atomic E-state index is -0.138. The number of carbonyl (C=O) groups is 2. The van der Waals surface area contributed by atoms with Gasteiger partial charge in [0.1, 0.15) is 11.6 Å². The molecule has 172 valence electrons. The zero-order valence-electron chi connectivity index (χ0n) is 18.2. The molecule has 0 spiro atoms. The van der Waals surface area contributed by atoms with Crippen molar-refractivity contribution in [3.8, 4) is 0 Å². The van der Waals surface area contributed by atoms with Gasteiger partial charge in [-0.15, -0.1) is 10.2 Å². The van der Waals surface area contributed by atoms with Crippen molar-refractivity contribution >= 4 is 29.4 Å². The second-order valence-electron chi connectivity index (χ2n) is 8.23. The first-order valence-corrected chi connectivity index (χ1v) is 12.1. The monoisotopic (exact) mass is 466 g/mol. The lowest BCUT2D eigenvalue weighted by Crippen LogP contribution is -2.52. The SMILES string of the molecule is O=C(CSc1nnc(C2CC2)n1Cc1ccco1)N1CCN(C(=O)Nc2ccccc2)CC1. The largest absolute Gasteiger partial charge is 0.467 e. The number of hydrogen-bond acceptors (Lipinski definition) is 6. The number of urea groups is 1. The molecule has 2 aromatic heterocycles. The van der Waals surface area contributed by atoms with Crippen molar-refractivity contribution in [2.24, 2.45) is 0 Å². The summed E-state index contributed by atoms with van der Waals surface area (Å²) in [5, 5.41) is 12.4. The van der Waals surface area contributed by atoms with E-state index in [9.17, 15) is 9.59 Å². The molecular weight excluding hydrogens is 440 g/mol. The Labute approximate surface area is 196 Å². The van der Waals surface area contributed by atoms with Gasteiger partial charge in [0.2, 0.25) is 5.91 Å². The van der Waals surface area contributed by atoms with E-state index in [0.717, 1.165) is 35.3 Å². The van der Waals surface area contributed by atoms with Crippen molar-refractivity contribution < 1.29 is 14.0 Å². The average Bonchev–Trinajstić information content (AvgIpc) is 3.41. The molecule has 33 heavy (non-hydrogen) atoms. The van der Waals surface area contributed by atoms with E-state index in [1.165, 1.54) is 11.8 Å². The van der Waals surface area contributed by atoms with Crippen molar-refractivity contribution in [1.29, 1.82) is 0 Å². The van der Waals surface area contributed by atoms with Gasteiger partial charge in [-0.05, 0) is 37.1 Å². The molecule has 0 radical (unpaired) electrons. The minimum Gasteiger partial charge on any atom is -0.467 e. The number of hydrogen-bond donors (Lipinski definition) is 1. The first kappa shape index (κ1) is 21.6. The molecule has 9 nitrogen and oxygen atoms in total. The summed E-state index contributed by atoms with van der Waals surface area (Å²) in [7, 11) is 0. The maximum atomic E-state index is 12.8. The highest BCUT2D eigenvalue weighted by Gasteiger charge is 2.31. The summed E-state index contributed by atoms with van der Waals surface area (Å²) in [4.78, 5) is 28.9. The van der Waals surface area contributed by atoms with Crippen LogP contribution in [0.15, 0.2) is 58.3 Å². The zero-order valence-corrected chi connectivity index (χ0v) is 19.0. The van der Waals surface area contributed by atoms with Gasteiger partial charge in [-0.3, -0.25) is 9.36 Å². The van der Waals surface area contributed by atoms with E-state index >= 15 is 0 Å². The molecule has 2 aliphatic rings. The van der Waals surface area contributed by atoms with Gasteiger partial charge >= 0.3 is 6.03 Å². The third-order valence-electron chi connectivity index (χ3n) is 5.85. The summed E-state index contributed by atoms with van der Waals surface area (Å²) < 4.78 is 7.58. The average molecular weight is 467 g/mol. The fourth-order valence-corrected chi connectivity index (χ4v) is 4.71. The molecule has 1 aliphatic carbocycles. The van der Waals surface area contributed by atoms with Crippen LogP contribution in [-0.2, 0) is 11.3 Å². The highest BCUT2D eigenvalue weighted by Crippen LogP contribution is 2.40. The van der Waals surface area contributed by atoms with E-state index in [4.69, 9.17) is 4.42 Å². The van der Waals surface area contributed by atoms with Crippen LogP contribution in [0.5, 0.6) is 0 Å². The summed E-state index contributed by atoms with van der Waals surface area (Å²) in [6, 6.07) is 13.0. The molecular formula is C23H26N6O3S. The third-order valence-corrected chi connectivity index (χ3v) is 6.80. The second kappa shape index (κ2) is 9.70. The first-order valence-electron chi connectivity index (χ1n) is 11.1. The zero-order chi connectivity index (χ0) is 22.6. The summed E-state index contributed by atoms with van der Waals surface area (Å²) in [5.74, 6) is 2.60. The molecule has 1 saturated heterocycles. The summed E-state index contributed by atoms with van der Waals surface area (Å²) in [6.45, 7) is 2.63. The minimum absolute atomic E-state index is 0.0450. The van der Waals surface area contributed by atoms with Crippen LogP contribution in [0.4, 0.5) is 10.5 Å². The van der Waals surface area contributed by atoms with Crippen LogP contribution in [-0.4, -0.2) is 68.4 Å². The topological polar surface area (TPSA) is 96.5 Å². The van der Waals surface area contributed by atoms with E-state index < -0.39 is 0 Å². The molecule has 1 N–H and O–H groups in total. The van der Waals surface area contributed by atoms with Crippen molar-refractivity contribution in [1.82, 2.24) is 24.6 Å². The maximum absolute atomic E-state index is 12.8. The fraction of sp³-hybridized carbons (Fsp3) is 0.391. The van der Waals surface area contributed by atoms with Crippen molar-refractivity contribution in [3.63, 3.8) is 0 Å². The lowest BCUT2D eigenvalue weighted by Gasteiger charge is -2.34. The van der Waals surface area contributed by atoms with Crippen LogP contribution in [0.25, 0.3) is 0 Å². The van der Waals surface area contributed by atoms with Crippen molar-refractivity contribution in [2.75, 3.05) is 37.2 Å². The third kappa shape index (κ3) is 5.22. The predicted octanol–water partition coefficient (Wildman–Crippen LogP) is 3.27. The number of furan rings is 1. The van der Waals surface area contributed by atoms with Crippen LogP contribution in [0.3, 0.4) is 0 Å². The molecule has 2 fully saturated rings. The van der Waals surface area contributed by atoms with Gasteiger partial charge in [0.05, 0.1) is 18.6 Å². The Morgan fingerprint density at radius 1 is 1.00 bits per heavy atom. The number of para-hydroxylation sites is 1. The van der Waals surface area contributed by atoms with Crippen molar-refractivity contribution in [3.05, 3.63) is 60.3 Å². The number of aromatic nitrogens is 3. The molecule has 3 amide bonds. The quantitative estimate of drug-likeness (QED) is 0.537. The second-order valence-corrected chi connectivity index (χ2v) is 9.18. The van der Waals surface area contributed by atoms with E-state index in [1.54, 1.807) is 11.2 Å². The van der Waals surface area contributed by atoms with Gasteiger partial charge in [0.25, 0.3) is 0 Å². The lowest BCUT2D eigenvalue weighted by atomic mass is 10.3. The number of benzene rings is 1. The summed E-state index contributed by atoms with van der Waals surface area (Å²) in [6.07, 6.45) is 3.91. The van der Waals surface area contributed by atoms with Crippen molar-refractivity contribution in [2.45, 2.75) is 30.5 Å². The normalized spacial score (nSPS) is 16.1. The van der Waals surface area contributed by atoms with Gasteiger partial charge in [-0.1, -0.05) is 30.0 Å². The molecule has 5 rings (SSSR count). The Morgan fingerprint density at radius 2 is 1.76 bits per heavy atom. The van der Waals surface area contributed by atoms with Crippen LogP contribution in [0.2, 0.25) is 0 Å². The number of nitrogens with one attached hydrogen (secondary N) is 1. The predicted molar refractivity (Wildman–Crippen MR) is 124 cm³/mol. The standard InChI is InChI=1S/C23H26N6O3S/c30-20(27-10-12-28(13-11-27)22(31)24-18-5-2-1-3-6-18)16-33-23-26-25-21(17-8-9-17)29(23)15-19-7-4-14-32-19/h1-7,14,17H,8-13,15-16H2,(H,24,31). The molecule has 0 atom stereocenters. The molecule has 3 heterocycles. The smallest absolute Gasteiger partial charge is 0.321 e. The van der Waals surface area contributed by atoms with Gasteiger partial charge in [0, 0.05) is 37.8 Å². The van der Waals surface area contributed by atoms with Crippen LogP contribution in [0.1, 0.15) is 30.3 Å². The number of nitrogens with zero attached hydrogens (tertiary/aromatic N) is 5. The summed E-state index contributed by atoms with van der Waals surface area (Å²) in [5.41, 5.74) is 0.765. The van der Waals surface area contributed by atoms with Gasteiger partial charge < -0.3 is 19.5 Å².